The van der Waals surface area contributed by atoms with Crippen molar-refractivity contribution in [2.75, 3.05) is 46.6 Å². The summed E-state index contributed by atoms with van der Waals surface area (Å²) in [6.45, 7) is 5.53. The van der Waals surface area contributed by atoms with Crippen LogP contribution >= 0.6 is 0 Å². The van der Waals surface area contributed by atoms with Crippen LogP contribution in [-0.4, -0.2) is 52.7 Å². The van der Waals surface area contributed by atoms with E-state index in [1.54, 1.807) is 7.11 Å². The van der Waals surface area contributed by atoms with E-state index in [1.807, 2.05) is 0 Å². The van der Waals surface area contributed by atoms with Gasteiger partial charge in [-0.15, -0.1) is 0 Å². The molecule has 2 heterocycles. The molecule has 0 saturated carbocycles. The van der Waals surface area contributed by atoms with E-state index in [0.717, 1.165) is 39.5 Å². The van der Waals surface area contributed by atoms with Crippen LogP contribution in [0.5, 0.6) is 0 Å². The van der Waals surface area contributed by atoms with E-state index in [4.69, 9.17) is 14.2 Å². The molecule has 4 nitrogen and oxygen atoms in total. The molecule has 18 heavy (non-hydrogen) atoms. The predicted octanol–water partition coefficient (Wildman–Crippen LogP) is 1.59. The van der Waals surface area contributed by atoms with Gasteiger partial charge in [0.15, 0.2) is 0 Å². The van der Waals surface area contributed by atoms with Crippen LogP contribution in [0.3, 0.4) is 0 Å². The first-order valence-corrected chi connectivity index (χ1v) is 7.24. The minimum Gasteiger partial charge on any atom is -0.383 e. The van der Waals surface area contributed by atoms with E-state index in [1.165, 1.54) is 32.1 Å². The summed E-state index contributed by atoms with van der Waals surface area (Å²) in [7, 11) is 1.74. The van der Waals surface area contributed by atoms with Crippen LogP contribution in [-0.2, 0) is 14.2 Å². The second-order valence-electron chi connectivity index (χ2n) is 5.65. The highest BCUT2D eigenvalue weighted by atomic mass is 16.5. The van der Waals surface area contributed by atoms with Crippen LogP contribution in [0.15, 0.2) is 0 Å². The van der Waals surface area contributed by atoms with Gasteiger partial charge in [-0.25, -0.2) is 0 Å². The summed E-state index contributed by atoms with van der Waals surface area (Å²) in [5.41, 5.74) is 0.333. The normalized spacial score (nSPS) is 32.2. The lowest BCUT2D eigenvalue weighted by molar-refractivity contribution is 0.0799. The molecule has 0 aromatic carbocycles. The molecule has 106 valence electrons. The molecule has 2 aliphatic rings. The quantitative estimate of drug-likeness (QED) is 0.670. The minimum atomic E-state index is 0.333. The maximum Gasteiger partial charge on any atom is 0.0587 e. The van der Waals surface area contributed by atoms with Crippen molar-refractivity contribution in [2.45, 2.75) is 38.2 Å². The van der Waals surface area contributed by atoms with Crippen molar-refractivity contribution in [1.82, 2.24) is 5.32 Å². The summed E-state index contributed by atoms with van der Waals surface area (Å²) < 4.78 is 16.4. The summed E-state index contributed by atoms with van der Waals surface area (Å²) in [6.07, 6.45) is 6.57. The SMILES string of the molecule is COCCNCC1(CCC2CCCO2)CCOC1. The zero-order chi connectivity index (χ0) is 12.7. The van der Waals surface area contributed by atoms with E-state index >= 15 is 0 Å². The Bertz CT molecular complexity index is 223. The fraction of sp³-hybridized carbons (Fsp3) is 1.00. The lowest BCUT2D eigenvalue weighted by Crippen LogP contribution is -2.37. The Labute approximate surface area is 110 Å². The maximum atomic E-state index is 5.72. The fourth-order valence-electron chi connectivity index (χ4n) is 2.94. The van der Waals surface area contributed by atoms with Gasteiger partial charge in [-0.3, -0.25) is 0 Å². The molecule has 2 atom stereocenters. The smallest absolute Gasteiger partial charge is 0.0587 e. The van der Waals surface area contributed by atoms with Gasteiger partial charge in [0.25, 0.3) is 0 Å². The Morgan fingerprint density at radius 3 is 3.00 bits per heavy atom. The average Bonchev–Trinajstić information content (AvgIpc) is 3.04. The van der Waals surface area contributed by atoms with Crippen molar-refractivity contribution in [3.63, 3.8) is 0 Å². The molecule has 4 heteroatoms. The molecule has 2 fully saturated rings. The van der Waals surface area contributed by atoms with Crippen LogP contribution in [0.2, 0.25) is 0 Å². The first kappa shape index (κ1) is 14.3. The van der Waals surface area contributed by atoms with Crippen LogP contribution in [0.4, 0.5) is 0 Å². The lowest BCUT2D eigenvalue weighted by atomic mass is 9.81. The van der Waals surface area contributed by atoms with Crippen molar-refractivity contribution in [3.05, 3.63) is 0 Å². The van der Waals surface area contributed by atoms with E-state index in [2.05, 4.69) is 5.32 Å². The van der Waals surface area contributed by atoms with Crippen LogP contribution < -0.4 is 5.32 Å². The number of hydrogen-bond donors (Lipinski definition) is 1. The molecular weight excluding hydrogens is 230 g/mol. The molecule has 0 radical (unpaired) electrons. The first-order valence-electron chi connectivity index (χ1n) is 7.24. The van der Waals surface area contributed by atoms with Gasteiger partial charge in [-0.1, -0.05) is 0 Å². The van der Waals surface area contributed by atoms with Crippen LogP contribution in [0.1, 0.15) is 32.1 Å². The molecule has 0 amide bonds. The number of hydrogen-bond acceptors (Lipinski definition) is 4. The molecule has 0 aliphatic carbocycles. The molecular formula is C14H27NO3. The summed E-state index contributed by atoms with van der Waals surface area (Å²) in [6, 6.07) is 0. The highest BCUT2D eigenvalue weighted by Gasteiger charge is 2.35. The van der Waals surface area contributed by atoms with E-state index in [-0.39, 0.29) is 0 Å². The minimum absolute atomic E-state index is 0.333. The molecule has 1 N–H and O–H groups in total. The summed E-state index contributed by atoms with van der Waals surface area (Å²) in [5.74, 6) is 0. The number of nitrogens with one attached hydrogen (secondary N) is 1. The molecule has 0 aromatic rings. The Hall–Kier alpha value is -0.160. The van der Waals surface area contributed by atoms with Gasteiger partial charge < -0.3 is 19.5 Å². The summed E-state index contributed by atoms with van der Waals surface area (Å²) in [4.78, 5) is 0. The Kier molecular flexibility index (Phi) is 5.89. The molecule has 2 saturated heterocycles. The van der Waals surface area contributed by atoms with Crippen molar-refractivity contribution in [2.24, 2.45) is 5.41 Å². The predicted molar refractivity (Wildman–Crippen MR) is 70.8 cm³/mol. The second kappa shape index (κ2) is 7.43. The van der Waals surface area contributed by atoms with Gasteiger partial charge in [0.1, 0.15) is 0 Å². The van der Waals surface area contributed by atoms with Crippen molar-refractivity contribution < 1.29 is 14.2 Å². The topological polar surface area (TPSA) is 39.7 Å². The molecule has 2 aliphatic heterocycles. The Morgan fingerprint density at radius 2 is 2.33 bits per heavy atom. The average molecular weight is 257 g/mol. The lowest BCUT2D eigenvalue weighted by Gasteiger charge is -2.29. The molecule has 2 rings (SSSR count). The third kappa shape index (κ3) is 4.19. The second-order valence-corrected chi connectivity index (χ2v) is 5.65. The molecule has 2 unspecified atom stereocenters. The molecule has 0 aromatic heterocycles. The van der Waals surface area contributed by atoms with E-state index in [0.29, 0.717) is 11.5 Å². The highest BCUT2D eigenvalue weighted by molar-refractivity contribution is 4.86. The van der Waals surface area contributed by atoms with Crippen LogP contribution in [0, 0.1) is 5.41 Å². The van der Waals surface area contributed by atoms with Crippen molar-refractivity contribution in [3.8, 4) is 0 Å². The third-order valence-corrected chi connectivity index (χ3v) is 4.19. The van der Waals surface area contributed by atoms with Crippen molar-refractivity contribution in [1.29, 1.82) is 0 Å². The van der Waals surface area contributed by atoms with E-state index in [9.17, 15) is 0 Å². The monoisotopic (exact) mass is 257 g/mol. The zero-order valence-electron chi connectivity index (χ0n) is 11.6. The first-order chi connectivity index (χ1) is 8.85. The zero-order valence-corrected chi connectivity index (χ0v) is 11.6. The summed E-state index contributed by atoms with van der Waals surface area (Å²) in [5, 5.41) is 3.50. The van der Waals surface area contributed by atoms with Gasteiger partial charge in [0.05, 0.1) is 19.3 Å². The molecule has 0 spiro atoms. The van der Waals surface area contributed by atoms with Gasteiger partial charge in [-0.2, -0.15) is 0 Å². The third-order valence-electron chi connectivity index (χ3n) is 4.19. The standard InChI is InChI=1S/C14H27NO3/c1-16-10-7-15-11-14(6-9-17-12-14)5-4-13-3-2-8-18-13/h13,15H,2-12H2,1H3. The fourth-order valence-corrected chi connectivity index (χ4v) is 2.94. The van der Waals surface area contributed by atoms with Gasteiger partial charge in [0.2, 0.25) is 0 Å². The Morgan fingerprint density at radius 1 is 1.39 bits per heavy atom. The van der Waals surface area contributed by atoms with Gasteiger partial charge in [0, 0.05) is 38.8 Å². The largest absolute Gasteiger partial charge is 0.383 e. The Balaban J connectivity index is 1.71. The maximum absolute atomic E-state index is 5.72. The van der Waals surface area contributed by atoms with Gasteiger partial charge >= 0.3 is 0 Å². The van der Waals surface area contributed by atoms with E-state index < -0.39 is 0 Å². The highest BCUT2D eigenvalue weighted by Crippen LogP contribution is 2.35. The van der Waals surface area contributed by atoms with Crippen molar-refractivity contribution >= 4 is 0 Å². The number of methoxy groups -OCH3 is 1. The van der Waals surface area contributed by atoms with Gasteiger partial charge in [-0.05, 0) is 32.1 Å². The molecule has 0 bridgehead atoms. The van der Waals surface area contributed by atoms with Crippen LogP contribution in [0.25, 0.3) is 0 Å². The number of ether oxygens (including phenoxy) is 3. The summed E-state index contributed by atoms with van der Waals surface area (Å²) >= 11 is 0. The number of rotatable bonds is 8.